The van der Waals surface area contributed by atoms with E-state index in [2.05, 4.69) is 0 Å². The normalized spacial score (nSPS) is 10.0. The van der Waals surface area contributed by atoms with Gasteiger partial charge in [-0.1, -0.05) is 0 Å². The SMILES string of the molecule is C[N+](C)(C)CC(=O)NO.[Br-]. The molecule has 0 atom stereocenters. The fourth-order valence-corrected chi connectivity index (χ4v) is 0.466. The number of carbonyl (C=O) groups excluding carboxylic acids is 1. The van der Waals surface area contributed by atoms with Crippen molar-refractivity contribution in [1.29, 1.82) is 0 Å². The number of nitrogens with zero attached hydrogens (tertiary/aromatic N) is 1. The molecule has 0 aliphatic heterocycles. The number of nitrogens with one attached hydrogen (secondary N) is 1. The third-order valence-electron chi connectivity index (χ3n) is 0.743. The van der Waals surface area contributed by atoms with E-state index in [0.717, 1.165) is 0 Å². The number of carbonyl (C=O) groups is 1. The Balaban J connectivity index is 0. The topological polar surface area (TPSA) is 49.3 Å². The van der Waals surface area contributed by atoms with Gasteiger partial charge in [-0.05, 0) is 0 Å². The summed E-state index contributed by atoms with van der Waals surface area (Å²) in [6.45, 7) is 0.288. The number of rotatable bonds is 2. The van der Waals surface area contributed by atoms with E-state index in [1.165, 1.54) is 0 Å². The van der Waals surface area contributed by atoms with Crippen LogP contribution in [0.5, 0.6) is 0 Å². The summed E-state index contributed by atoms with van der Waals surface area (Å²) in [5.41, 5.74) is 1.57. The van der Waals surface area contributed by atoms with Crippen LogP contribution in [0.15, 0.2) is 0 Å². The second-order valence-corrected chi connectivity index (χ2v) is 2.98. The molecule has 0 aliphatic rings. The maximum atomic E-state index is 10.5. The van der Waals surface area contributed by atoms with Crippen LogP contribution in [-0.4, -0.2) is 43.3 Å². The second-order valence-electron chi connectivity index (χ2n) is 2.98. The Bertz CT molecular complexity index is 111. The fraction of sp³-hybridized carbons (Fsp3) is 0.800. The summed E-state index contributed by atoms with van der Waals surface area (Å²) < 4.78 is 0.520. The minimum absolute atomic E-state index is 0. The number of amides is 1. The number of likely N-dealkylation sites (N-methyl/N-ethyl adjacent to an activating group) is 1. The van der Waals surface area contributed by atoms with E-state index < -0.39 is 0 Å². The number of hydrogen-bond acceptors (Lipinski definition) is 2. The van der Waals surface area contributed by atoms with Crippen LogP contribution in [0.2, 0.25) is 0 Å². The Morgan fingerprint density at radius 2 is 1.90 bits per heavy atom. The van der Waals surface area contributed by atoms with Crippen LogP contribution < -0.4 is 22.5 Å². The summed E-state index contributed by atoms with van der Waals surface area (Å²) in [6.07, 6.45) is 0. The molecule has 0 fully saturated rings. The van der Waals surface area contributed by atoms with Crippen molar-refractivity contribution in [2.75, 3.05) is 27.7 Å². The molecule has 62 valence electrons. The van der Waals surface area contributed by atoms with E-state index >= 15 is 0 Å². The molecule has 0 aromatic rings. The first kappa shape index (κ1) is 12.5. The Morgan fingerprint density at radius 3 is 2.00 bits per heavy atom. The molecule has 10 heavy (non-hydrogen) atoms. The van der Waals surface area contributed by atoms with Gasteiger partial charge in [-0.3, -0.25) is 10.0 Å². The van der Waals surface area contributed by atoms with Crippen LogP contribution >= 0.6 is 0 Å². The van der Waals surface area contributed by atoms with Gasteiger partial charge in [0.05, 0.1) is 21.1 Å². The monoisotopic (exact) mass is 212 g/mol. The van der Waals surface area contributed by atoms with E-state index in [-0.39, 0.29) is 29.4 Å². The zero-order valence-corrected chi connectivity index (χ0v) is 7.97. The van der Waals surface area contributed by atoms with Gasteiger partial charge in [0.1, 0.15) is 0 Å². The first-order chi connectivity index (χ1) is 3.95. The number of halogens is 1. The molecule has 0 saturated carbocycles. The predicted molar refractivity (Wildman–Crippen MR) is 32.8 cm³/mol. The van der Waals surface area contributed by atoms with E-state index in [0.29, 0.717) is 4.48 Å². The van der Waals surface area contributed by atoms with Crippen molar-refractivity contribution >= 4 is 5.91 Å². The third kappa shape index (κ3) is 7.87. The molecule has 0 rings (SSSR count). The molecule has 0 aromatic heterocycles. The lowest BCUT2D eigenvalue weighted by Crippen LogP contribution is -3.00. The highest BCUT2D eigenvalue weighted by atomic mass is 79.9. The van der Waals surface area contributed by atoms with Gasteiger partial charge in [-0.25, -0.2) is 5.48 Å². The lowest BCUT2D eigenvalue weighted by atomic mass is 10.5. The van der Waals surface area contributed by atoms with Crippen molar-refractivity contribution in [2.24, 2.45) is 0 Å². The number of hydrogen-bond donors (Lipinski definition) is 2. The average molecular weight is 213 g/mol. The first-order valence-electron chi connectivity index (χ1n) is 2.69. The van der Waals surface area contributed by atoms with Gasteiger partial charge in [0.25, 0.3) is 5.91 Å². The van der Waals surface area contributed by atoms with Gasteiger partial charge in [-0.2, -0.15) is 0 Å². The van der Waals surface area contributed by atoms with Crippen LogP contribution in [0.25, 0.3) is 0 Å². The van der Waals surface area contributed by atoms with Crippen molar-refractivity contribution in [3.8, 4) is 0 Å². The Labute approximate surface area is 71.1 Å². The summed E-state index contributed by atoms with van der Waals surface area (Å²) >= 11 is 0. The van der Waals surface area contributed by atoms with Gasteiger partial charge in [0.2, 0.25) is 0 Å². The molecule has 0 radical (unpaired) electrons. The molecule has 0 aliphatic carbocycles. The predicted octanol–water partition coefficient (Wildman–Crippen LogP) is -3.80. The zero-order chi connectivity index (χ0) is 7.49. The van der Waals surface area contributed by atoms with Gasteiger partial charge < -0.3 is 21.5 Å². The van der Waals surface area contributed by atoms with Crippen molar-refractivity contribution < 1.29 is 31.5 Å². The molecule has 0 spiro atoms. The molecule has 2 N–H and O–H groups in total. The standard InChI is InChI=1S/C5H12N2O2.BrH/c1-7(2,3)4-5(8)6-9;/h4H2,1-3H3,(H-,6,8,9);1H. The Hall–Kier alpha value is -0.130. The van der Waals surface area contributed by atoms with Gasteiger partial charge >= 0.3 is 0 Å². The van der Waals surface area contributed by atoms with Crippen molar-refractivity contribution in [3.63, 3.8) is 0 Å². The van der Waals surface area contributed by atoms with Crippen molar-refractivity contribution in [3.05, 3.63) is 0 Å². The molecule has 1 amide bonds. The summed E-state index contributed by atoms with van der Waals surface area (Å²) in [5, 5.41) is 8.09. The molecular formula is C5H13BrN2O2. The summed E-state index contributed by atoms with van der Waals surface area (Å²) in [6, 6.07) is 0. The van der Waals surface area contributed by atoms with E-state index in [9.17, 15) is 4.79 Å². The highest BCUT2D eigenvalue weighted by molar-refractivity contribution is 5.75. The van der Waals surface area contributed by atoms with Crippen LogP contribution in [0.3, 0.4) is 0 Å². The molecular weight excluding hydrogens is 200 g/mol. The average Bonchev–Trinajstić information content (AvgIpc) is 1.62. The van der Waals surface area contributed by atoms with Crippen molar-refractivity contribution in [2.45, 2.75) is 0 Å². The molecule has 5 heteroatoms. The minimum atomic E-state index is -0.359. The van der Waals surface area contributed by atoms with Gasteiger partial charge in [-0.15, -0.1) is 0 Å². The third-order valence-corrected chi connectivity index (χ3v) is 0.743. The molecule has 0 aromatic carbocycles. The van der Waals surface area contributed by atoms with Gasteiger partial charge in [0.15, 0.2) is 6.54 Å². The number of quaternary nitrogens is 1. The number of hydroxylamine groups is 1. The van der Waals surface area contributed by atoms with Crippen LogP contribution in [-0.2, 0) is 4.79 Å². The van der Waals surface area contributed by atoms with E-state index in [1.807, 2.05) is 21.1 Å². The summed E-state index contributed by atoms with van der Waals surface area (Å²) in [4.78, 5) is 10.5. The summed E-state index contributed by atoms with van der Waals surface area (Å²) in [7, 11) is 5.61. The Kier molecular flexibility index (Phi) is 5.83. The van der Waals surface area contributed by atoms with Crippen molar-refractivity contribution in [1.82, 2.24) is 5.48 Å². The fourth-order valence-electron chi connectivity index (χ4n) is 0.466. The summed E-state index contributed by atoms with van der Waals surface area (Å²) in [5.74, 6) is -0.359. The molecule has 0 heterocycles. The molecule has 4 nitrogen and oxygen atoms in total. The van der Waals surface area contributed by atoms with E-state index in [1.54, 1.807) is 5.48 Å². The smallest absolute Gasteiger partial charge is 0.298 e. The van der Waals surface area contributed by atoms with Crippen LogP contribution in [0.1, 0.15) is 0 Å². The molecule has 0 saturated heterocycles. The highest BCUT2D eigenvalue weighted by Crippen LogP contribution is 1.86. The maximum absolute atomic E-state index is 10.5. The highest BCUT2D eigenvalue weighted by Gasteiger charge is 2.12. The Morgan fingerprint density at radius 1 is 1.50 bits per heavy atom. The maximum Gasteiger partial charge on any atom is 0.298 e. The largest absolute Gasteiger partial charge is 1.00 e. The van der Waals surface area contributed by atoms with Crippen LogP contribution in [0.4, 0.5) is 0 Å². The first-order valence-corrected chi connectivity index (χ1v) is 2.69. The zero-order valence-electron chi connectivity index (χ0n) is 6.39. The lowest BCUT2D eigenvalue weighted by molar-refractivity contribution is -0.862. The molecule has 0 bridgehead atoms. The van der Waals surface area contributed by atoms with Gasteiger partial charge in [0, 0.05) is 0 Å². The second kappa shape index (κ2) is 4.65. The van der Waals surface area contributed by atoms with E-state index in [4.69, 9.17) is 5.21 Å². The quantitative estimate of drug-likeness (QED) is 0.281. The minimum Gasteiger partial charge on any atom is -1.00 e. The lowest BCUT2D eigenvalue weighted by Gasteiger charge is -2.21. The van der Waals surface area contributed by atoms with Crippen LogP contribution in [0, 0.1) is 0 Å². The molecule has 0 unspecified atom stereocenters.